The number of guanidine groups is 1. The summed E-state index contributed by atoms with van der Waals surface area (Å²) in [5, 5.41) is 6.38. The predicted octanol–water partition coefficient (Wildman–Crippen LogP) is 3.32. The Morgan fingerprint density at radius 1 is 1.13 bits per heavy atom. The molecule has 0 radical (unpaired) electrons. The van der Waals surface area contributed by atoms with Gasteiger partial charge in [0.25, 0.3) is 5.91 Å². The first-order valence-corrected chi connectivity index (χ1v) is 9.70. The highest BCUT2D eigenvalue weighted by Gasteiger charge is 2.08. The number of ether oxygens (including phenoxy) is 1. The summed E-state index contributed by atoms with van der Waals surface area (Å²) in [6, 6.07) is 13.7. The van der Waals surface area contributed by atoms with Crippen LogP contribution in [0.25, 0.3) is 0 Å². The molecule has 164 valence electrons. The molecule has 0 saturated heterocycles. The van der Waals surface area contributed by atoms with E-state index in [1.165, 1.54) is 12.1 Å². The van der Waals surface area contributed by atoms with Crippen molar-refractivity contribution in [1.29, 1.82) is 0 Å². The zero-order chi connectivity index (χ0) is 21.1. The van der Waals surface area contributed by atoms with Crippen LogP contribution in [-0.2, 0) is 6.42 Å². The Labute approximate surface area is 194 Å². The normalized spacial score (nSPS) is 10.7. The highest BCUT2D eigenvalue weighted by atomic mass is 127. The van der Waals surface area contributed by atoms with Crippen molar-refractivity contribution in [1.82, 2.24) is 15.5 Å². The number of aliphatic imine (C=N–C) groups is 1. The molecule has 0 aromatic heterocycles. The van der Waals surface area contributed by atoms with E-state index in [0.29, 0.717) is 37.0 Å². The van der Waals surface area contributed by atoms with Crippen LogP contribution in [-0.4, -0.2) is 57.1 Å². The second-order valence-electron chi connectivity index (χ2n) is 6.64. The summed E-state index contributed by atoms with van der Waals surface area (Å²) in [5.41, 5.74) is 1.74. The lowest BCUT2D eigenvalue weighted by molar-refractivity contribution is 0.0827. The minimum absolute atomic E-state index is 0. The van der Waals surface area contributed by atoms with Crippen LogP contribution in [0.2, 0.25) is 0 Å². The third kappa shape index (κ3) is 8.98. The topological polar surface area (TPSA) is 66.0 Å². The van der Waals surface area contributed by atoms with Crippen LogP contribution >= 0.6 is 24.0 Å². The van der Waals surface area contributed by atoms with Gasteiger partial charge in [-0.3, -0.25) is 9.79 Å². The Kier molecular flexibility index (Phi) is 11.8. The fourth-order valence-electron chi connectivity index (χ4n) is 2.65. The Morgan fingerprint density at radius 2 is 1.90 bits per heavy atom. The number of nitrogens with zero attached hydrogens (tertiary/aromatic N) is 2. The van der Waals surface area contributed by atoms with Gasteiger partial charge in [0.05, 0.1) is 6.54 Å². The van der Waals surface area contributed by atoms with Crippen LogP contribution in [0.15, 0.2) is 53.5 Å². The van der Waals surface area contributed by atoms with Crippen molar-refractivity contribution in [3.63, 3.8) is 0 Å². The van der Waals surface area contributed by atoms with E-state index in [1.807, 2.05) is 31.2 Å². The maximum absolute atomic E-state index is 13.1. The smallest absolute Gasteiger partial charge is 0.253 e. The van der Waals surface area contributed by atoms with Crippen molar-refractivity contribution in [2.24, 2.45) is 4.99 Å². The summed E-state index contributed by atoms with van der Waals surface area (Å²) >= 11 is 0. The molecule has 2 aromatic rings. The van der Waals surface area contributed by atoms with Gasteiger partial charge in [0.15, 0.2) is 5.96 Å². The van der Waals surface area contributed by atoms with Crippen molar-refractivity contribution in [3.8, 4) is 5.75 Å². The van der Waals surface area contributed by atoms with E-state index < -0.39 is 0 Å². The van der Waals surface area contributed by atoms with E-state index in [0.717, 1.165) is 18.5 Å². The molecule has 0 unspecified atom stereocenters. The van der Waals surface area contributed by atoms with E-state index in [-0.39, 0.29) is 35.7 Å². The summed E-state index contributed by atoms with van der Waals surface area (Å²) < 4.78 is 18.7. The maximum atomic E-state index is 13.1. The highest BCUT2D eigenvalue weighted by molar-refractivity contribution is 14.0. The third-order valence-corrected chi connectivity index (χ3v) is 4.05. The fraction of sp³-hybridized carbons (Fsp3) is 0.364. The molecule has 2 aromatic carbocycles. The van der Waals surface area contributed by atoms with Crippen LogP contribution in [0, 0.1) is 5.82 Å². The first kappa shape index (κ1) is 25.7. The molecule has 0 aliphatic carbocycles. The number of hydrogen-bond acceptors (Lipinski definition) is 3. The first-order valence-electron chi connectivity index (χ1n) is 9.70. The largest absolute Gasteiger partial charge is 0.492 e. The lowest BCUT2D eigenvalue weighted by Crippen LogP contribution is -2.39. The average Bonchev–Trinajstić information content (AvgIpc) is 2.70. The summed E-state index contributed by atoms with van der Waals surface area (Å²) in [6.45, 7) is 4.25. The molecule has 2 rings (SSSR count). The minimum atomic E-state index is -0.318. The van der Waals surface area contributed by atoms with Gasteiger partial charge in [-0.15, -0.1) is 24.0 Å². The van der Waals surface area contributed by atoms with Gasteiger partial charge in [0, 0.05) is 38.8 Å². The number of amides is 1. The minimum Gasteiger partial charge on any atom is -0.492 e. The molecule has 30 heavy (non-hydrogen) atoms. The number of benzene rings is 2. The van der Waals surface area contributed by atoms with Crippen LogP contribution in [0.3, 0.4) is 0 Å². The Bertz CT molecular complexity index is 830. The average molecular weight is 528 g/mol. The molecular formula is C22H30FIN4O2. The van der Waals surface area contributed by atoms with Gasteiger partial charge in [-0.2, -0.15) is 0 Å². The molecule has 0 aliphatic rings. The van der Waals surface area contributed by atoms with Gasteiger partial charge in [0.2, 0.25) is 0 Å². The van der Waals surface area contributed by atoms with Gasteiger partial charge in [-0.05, 0) is 43.2 Å². The van der Waals surface area contributed by atoms with Crippen molar-refractivity contribution in [2.75, 3.05) is 40.3 Å². The summed E-state index contributed by atoms with van der Waals surface area (Å²) in [6.07, 6.45) is 0.727. The lowest BCUT2D eigenvalue weighted by Gasteiger charge is -2.13. The van der Waals surface area contributed by atoms with Gasteiger partial charge in [0.1, 0.15) is 18.2 Å². The van der Waals surface area contributed by atoms with E-state index >= 15 is 0 Å². The first-order chi connectivity index (χ1) is 14.0. The molecule has 0 aliphatic heterocycles. The summed E-state index contributed by atoms with van der Waals surface area (Å²) in [4.78, 5) is 18.2. The second kappa shape index (κ2) is 13.8. The monoisotopic (exact) mass is 528 g/mol. The predicted molar refractivity (Wildman–Crippen MR) is 129 cm³/mol. The van der Waals surface area contributed by atoms with Gasteiger partial charge in [-0.25, -0.2) is 4.39 Å². The zero-order valence-corrected chi connectivity index (χ0v) is 20.0. The maximum Gasteiger partial charge on any atom is 0.253 e. The fourth-order valence-corrected chi connectivity index (χ4v) is 2.65. The Morgan fingerprint density at radius 3 is 2.60 bits per heavy atom. The van der Waals surface area contributed by atoms with E-state index in [4.69, 9.17) is 4.74 Å². The van der Waals surface area contributed by atoms with Crippen molar-refractivity contribution < 1.29 is 13.9 Å². The van der Waals surface area contributed by atoms with Crippen LogP contribution in [0.1, 0.15) is 22.8 Å². The SMILES string of the molecule is CCNC(=NCCc1cccc(C(=O)N(C)C)c1)NCCOc1cccc(F)c1.I. The van der Waals surface area contributed by atoms with Crippen molar-refractivity contribution in [2.45, 2.75) is 13.3 Å². The third-order valence-electron chi connectivity index (χ3n) is 4.05. The molecule has 1 amide bonds. The summed E-state index contributed by atoms with van der Waals surface area (Å²) in [7, 11) is 3.48. The molecular weight excluding hydrogens is 498 g/mol. The Balaban J connectivity index is 0.00000450. The van der Waals surface area contributed by atoms with Gasteiger partial charge < -0.3 is 20.3 Å². The van der Waals surface area contributed by atoms with Crippen LogP contribution in [0.4, 0.5) is 4.39 Å². The molecule has 0 spiro atoms. The molecule has 0 saturated carbocycles. The molecule has 8 heteroatoms. The van der Waals surface area contributed by atoms with Crippen molar-refractivity contribution in [3.05, 3.63) is 65.5 Å². The van der Waals surface area contributed by atoms with Crippen LogP contribution < -0.4 is 15.4 Å². The molecule has 0 atom stereocenters. The number of carbonyl (C=O) groups excluding carboxylic acids is 1. The number of rotatable bonds is 9. The highest BCUT2D eigenvalue weighted by Crippen LogP contribution is 2.11. The van der Waals surface area contributed by atoms with Gasteiger partial charge in [-0.1, -0.05) is 18.2 Å². The van der Waals surface area contributed by atoms with E-state index in [9.17, 15) is 9.18 Å². The quantitative estimate of drug-likeness (QED) is 0.227. The van der Waals surface area contributed by atoms with E-state index in [1.54, 1.807) is 31.1 Å². The summed E-state index contributed by atoms with van der Waals surface area (Å²) in [5.74, 6) is 0.863. The standard InChI is InChI=1S/C22H29FN4O2.HI/c1-4-24-22(26-13-14-29-20-10-6-9-19(23)16-20)25-12-11-17-7-5-8-18(15-17)21(28)27(2)3;/h5-10,15-16H,4,11-14H2,1-3H3,(H2,24,25,26);1H. The number of carbonyl (C=O) groups is 1. The molecule has 6 nitrogen and oxygen atoms in total. The van der Waals surface area contributed by atoms with Gasteiger partial charge >= 0.3 is 0 Å². The number of hydrogen-bond donors (Lipinski definition) is 2. The molecule has 0 fully saturated rings. The molecule has 0 heterocycles. The zero-order valence-electron chi connectivity index (χ0n) is 17.7. The number of halogens is 2. The van der Waals surface area contributed by atoms with Crippen LogP contribution in [0.5, 0.6) is 5.75 Å². The molecule has 2 N–H and O–H groups in total. The van der Waals surface area contributed by atoms with Crippen molar-refractivity contribution >= 4 is 35.8 Å². The molecule has 0 bridgehead atoms. The number of nitrogens with one attached hydrogen (secondary N) is 2. The second-order valence-corrected chi connectivity index (χ2v) is 6.64. The lowest BCUT2D eigenvalue weighted by atomic mass is 10.1. The Hall–Kier alpha value is -2.36. The van der Waals surface area contributed by atoms with E-state index in [2.05, 4.69) is 15.6 Å².